The number of hydrogen-bond donors (Lipinski definition) is 0. The van der Waals surface area contributed by atoms with Crippen LogP contribution in [0.1, 0.15) is 17.0 Å². The van der Waals surface area contributed by atoms with Crippen molar-refractivity contribution in [3.63, 3.8) is 0 Å². The highest BCUT2D eigenvalue weighted by Crippen LogP contribution is 2.25. The van der Waals surface area contributed by atoms with Crippen LogP contribution in [0.25, 0.3) is 10.6 Å². The molecule has 0 aliphatic heterocycles. The first-order valence-corrected chi connectivity index (χ1v) is 8.24. The fourth-order valence-electron chi connectivity index (χ4n) is 2.06. The number of thiazole rings is 1. The molecule has 0 fully saturated rings. The summed E-state index contributed by atoms with van der Waals surface area (Å²) in [4.78, 5) is 4.51. The van der Waals surface area contributed by atoms with Gasteiger partial charge in [-0.15, -0.1) is 22.9 Å². The molecule has 21 heavy (non-hydrogen) atoms. The maximum atomic E-state index is 6.04. The van der Waals surface area contributed by atoms with E-state index in [9.17, 15) is 0 Å². The van der Waals surface area contributed by atoms with Gasteiger partial charge in [-0.05, 0) is 18.6 Å². The van der Waals surface area contributed by atoms with Crippen molar-refractivity contribution in [1.82, 2.24) is 14.8 Å². The summed E-state index contributed by atoms with van der Waals surface area (Å²) in [5.74, 6) is 0.446. The lowest BCUT2D eigenvalue weighted by Crippen LogP contribution is -2.03. The molecule has 0 aliphatic rings. The van der Waals surface area contributed by atoms with Gasteiger partial charge in [0, 0.05) is 10.9 Å². The van der Waals surface area contributed by atoms with E-state index in [1.807, 2.05) is 23.1 Å². The number of aromatic nitrogens is 3. The summed E-state index contributed by atoms with van der Waals surface area (Å²) in [7, 11) is 0. The Balaban J connectivity index is 1.88. The van der Waals surface area contributed by atoms with Crippen LogP contribution in [0.3, 0.4) is 0 Å². The van der Waals surface area contributed by atoms with E-state index in [0.29, 0.717) is 17.4 Å². The average Bonchev–Trinajstić information content (AvgIpc) is 3.10. The Labute approximate surface area is 137 Å². The second kappa shape index (κ2) is 6.18. The van der Waals surface area contributed by atoms with Crippen LogP contribution in [0.4, 0.5) is 0 Å². The van der Waals surface area contributed by atoms with E-state index in [-0.39, 0.29) is 0 Å². The van der Waals surface area contributed by atoms with Crippen molar-refractivity contribution in [3.8, 4) is 10.6 Å². The van der Waals surface area contributed by atoms with Gasteiger partial charge in [0.1, 0.15) is 5.01 Å². The Hall–Kier alpha value is -1.36. The molecule has 3 nitrogen and oxygen atoms in total. The number of rotatable bonds is 4. The van der Waals surface area contributed by atoms with Crippen molar-refractivity contribution in [3.05, 3.63) is 57.8 Å². The molecule has 2 aromatic heterocycles. The summed E-state index contributed by atoms with van der Waals surface area (Å²) in [6.07, 6.45) is 1.67. The van der Waals surface area contributed by atoms with E-state index in [1.54, 1.807) is 17.5 Å². The summed E-state index contributed by atoms with van der Waals surface area (Å²) in [6, 6.07) is 8.30. The quantitative estimate of drug-likeness (QED) is 0.643. The molecule has 0 spiro atoms. The number of benzene rings is 1. The SMILES string of the molecule is Cc1c(Cl)cnn1Cc1cccc(-c2nc(CCl)cs2)c1. The van der Waals surface area contributed by atoms with Gasteiger partial charge in [-0.25, -0.2) is 4.98 Å². The molecule has 0 N–H and O–H groups in total. The molecule has 0 radical (unpaired) electrons. The van der Waals surface area contributed by atoms with E-state index >= 15 is 0 Å². The maximum Gasteiger partial charge on any atom is 0.123 e. The molecule has 0 aliphatic carbocycles. The van der Waals surface area contributed by atoms with Gasteiger partial charge in [-0.1, -0.05) is 29.8 Å². The summed E-state index contributed by atoms with van der Waals surface area (Å²) in [6.45, 7) is 2.66. The highest BCUT2D eigenvalue weighted by Gasteiger charge is 2.07. The van der Waals surface area contributed by atoms with E-state index in [0.717, 1.165) is 27.5 Å². The fraction of sp³-hybridized carbons (Fsp3) is 0.200. The lowest BCUT2D eigenvalue weighted by molar-refractivity contribution is 0.665. The molecule has 0 bridgehead atoms. The summed E-state index contributed by atoms with van der Waals surface area (Å²) in [5, 5.41) is 7.96. The van der Waals surface area contributed by atoms with Crippen LogP contribution >= 0.6 is 34.5 Å². The maximum absolute atomic E-state index is 6.04. The first-order chi connectivity index (χ1) is 10.2. The second-order valence-electron chi connectivity index (χ2n) is 4.71. The summed E-state index contributed by atoms with van der Waals surface area (Å²) in [5.41, 5.74) is 4.15. The van der Waals surface area contributed by atoms with Gasteiger partial charge >= 0.3 is 0 Å². The van der Waals surface area contributed by atoms with Gasteiger partial charge in [-0.2, -0.15) is 5.10 Å². The van der Waals surface area contributed by atoms with E-state index in [1.165, 1.54) is 0 Å². The molecular weight excluding hydrogens is 325 g/mol. The predicted octanol–water partition coefficient (Wildman–Crippen LogP) is 4.76. The van der Waals surface area contributed by atoms with Crippen LogP contribution in [0.2, 0.25) is 5.02 Å². The third-order valence-electron chi connectivity index (χ3n) is 3.24. The fourth-order valence-corrected chi connectivity index (χ4v) is 3.25. The smallest absolute Gasteiger partial charge is 0.123 e. The van der Waals surface area contributed by atoms with Crippen molar-refractivity contribution in [2.45, 2.75) is 19.3 Å². The minimum Gasteiger partial charge on any atom is -0.264 e. The molecule has 108 valence electrons. The van der Waals surface area contributed by atoms with Crippen molar-refractivity contribution in [2.24, 2.45) is 0 Å². The lowest BCUT2D eigenvalue weighted by atomic mass is 10.1. The Bertz CT molecular complexity index is 764. The second-order valence-corrected chi connectivity index (χ2v) is 6.25. The van der Waals surface area contributed by atoms with Crippen molar-refractivity contribution in [1.29, 1.82) is 0 Å². The molecule has 1 aromatic carbocycles. The van der Waals surface area contributed by atoms with Gasteiger partial charge in [0.05, 0.1) is 35.0 Å². The number of halogens is 2. The molecule has 2 heterocycles. The van der Waals surface area contributed by atoms with Crippen LogP contribution in [-0.2, 0) is 12.4 Å². The summed E-state index contributed by atoms with van der Waals surface area (Å²) < 4.78 is 1.90. The number of hydrogen-bond acceptors (Lipinski definition) is 3. The molecule has 0 saturated carbocycles. The van der Waals surface area contributed by atoms with Crippen molar-refractivity contribution < 1.29 is 0 Å². The lowest BCUT2D eigenvalue weighted by Gasteiger charge is -2.06. The first kappa shape index (κ1) is 14.6. The standard InChI is InChI=1S/C15H13Cl2N3S/c1-10-14(17)7-18-20(10)8-11-3-2-4-12(5-11)15-19-13(6-16)9-21-15/h2-5,7,9H,6,8H2,1H3. The van der Waals surface area contributed by atoms with Crippen LogP contribution in [0.15, 0.2) is 35.8 Å². The summed E-state index contributed by atoms with van der Waals surface area (Å²) >= 11 is 13.5. The highest BCUT2D eigenvalue weighted by molar-refractivity contribution is 7.13. The topological polar surface area (TPSA) is 30.7 Å². The van der Waals surface area contributed by atoms with E-state index in [2.05, 4.69) is 28.3 Å². The monoisotopic (exact) mass is 337 g/mol. The molecule has 6 heteroatoms. The zero-order chi connectivity index (χ0) is 14.8. The third-order valence-corrected chi connectivity index (χ3v) is 4.82. The van der Waals surface area contributed by atoms with E-state index < -0.39 is 0 Å². The van der Waals surface area contributed by atoms with Gasteiger partial charge in [-0.3, -0.25) is 4.68 Å². The minimum absolute atomic E-state index is 0.446. The van der Waals surface area contributed by atoms with Gasteiger partial charge in [0.25, 0.3) is 0 Å². The van der Waals surface area contributed by atoms with Crippen LogP contribution < -0.4 is 0 Å². The molecule has 0 saturated heterocycles. The molecule has 0 unspecified atom stereocenters. The Morgan fingerprint density at radius 1 is 1.33 bits per heavy atom. The normalized spacial score (nSPS) is 11.0. The molecule has 0 atom stereocenters. The Kier molecular flexibility index (Phi) is 4.29. The van der Waals surface area contributed by atoms with Gasteiger partial charge in [0.2, 0.25) is 0 Å². The van der Waals surface area contributed by atoms with E-state index in [4.69, 9.17) is 23.2 Å². The Morgan fingerprint density at radius 3 is 2.86 bits per heavy atom. The van der Waals surface area contributed by atoms with Gasteiger partial charge < -0.3 is 0 Å². The zero-order valence-corrected chi connectivity index (χ0v) is 13.7. The number of nitrogens with zero attached hydrogens (tertiary/aromatic N) is 3. The molecule has 3 aromatic rings. The number of alkyl halides is 1. The first-order valence-electron chi connectivity index (χ1n) is 6.45. The van der Waals surface area contributed by atoms with Crippen LogP contribution in [-0.4, -0.2) is 14.8 Å². The van der Waals surface area contributed by atoms with Gasteiger partial charge in [0.15, 0.2) is 0 Å². The largest absolute Gasteiger partial charge is 0.264 e. The van der Waals surface area contributed by atoms with Crippen LogP contribution in [0.5, 0.6) is 0 Å². The third kappa shape index (κ3) is 3.12. The Morgan fingerprint density at radius 2 is 2.19 bits per heavy atom. The molecular formula is C15H13Cl2N3S. The highest BCUT2D eigenvalue weighted by atomic mass is 35.5. The molecule has 0 amide bonds. The predicted molar refractivity (Wildman–Crippen MR) is 88.2 cm³/mol. The average molecular weight is 338 g/mol. The van der Waals surface area contributed by atoms with Crippen LogP contribution in [0, 0.1) is 6.92 Å². The minimum atomic E-state index is 0.446. The van der Waals surface area contributed by atoms with Crippen molar-refractivity contribution in [2.75, 3.05) is 0 Å². The zero-order valence-electron chi connectivity index (χ0n) is 11.4. The molecule has 3 rings (SSSR count). The van der Waals surface area contributed by atoms with Crippen molar-refractivity contribution >= 4 is 34.5 Å².